The minimum atomic E-state index is 0.0668. The maximum absolute atomic E-state index is 5.89. The highest BCUT2D eigenvalue weighted by atomic mass is 32.1. The molecule has 1 heterocycles. The molecule has 0 aliphatic carbocycles. The number of hydrogen-bond acceptors (Lipinski definition) is 3. The van der Waals surface area contributed by atoms with E-state index in [4.69, 9.17) is 10.5 Å². The number of aryl methyl sites for hydroxylation is 2. The quantitative estimate of drug-likeness (QED) is 0.886. The van der Waals surface area contributed by atoms with Crippen LogP contribution in [0, 0.1) is 6.92 Å². The summed E-state index contributed by atoms with van der Waals surface area (Å²) in [7, 11) is 0. The van der Waals surface area contributed by atoms with Gasteiger partial charge >= 0.3 is 0 Å². The van der Waals surface area contributed by atoms with E-state index in [2.05, 4.69) is 32.0 Å². The van der Waals surface area contributed by atoms with Crippen LogP contribution in [0.2, 0.25) is 0 Å². The van der Waals surface area contributed by atoms with E-state index in [0.717, 1.165) is 23.3 Å². The van der Waals surface area contributed by atoms with Crippen LogP contribution in [0.4, 0.5) is 0 Å². The molecule has 0 amide bonds. The molecule has 3 heteroatoms. The predicted octanol–water partition coefficient (Wildman–Crippen LogP) is 4.22. The van der Waals surface area contributed by atoms with Gasteiger partial charge in [0.1, 0.15) is 12.4 Å². The van der Waals surface area contributed by atoms with Gasteiger partial charge in [-0.1, -0.05) is 19.1 Å². The first-order chi connectivity index (χ1) is 9.10. The molecule has 0 aliphatic rings. The molecule has 2 rings (SSSR count). The topological polar surface area (TPSA) is 35.2 Å². The predicted molar refractivity (Wildman–Crippen MR) is 81.8 cm³/mol. The van der Waals surface area contributed by atoms with Crippen LogP contribution in [-0.2, 0) is 13.0 Å². The second-order valence-electron chi connectivity index (χ2n) is 4.82. The fourth-order valence-electron chi connectivity index (χ4n) is 1.96. The molecule has 1 aromatic heterocycles. The molecular weight excluding hydrogens is 254 g/mol. The first-order valence-corrected chi connectivity index (χ1v) is 7.48. The molecule has 2 nitrogen and oxygen atoms in total. The molecule has 2 N–H and O–H groups in total. The summed E-state index contributed by atoms with van der Waals surface area (Å²) in [5.74, 6) is 0.941. The van der Waals surface area contributed by atoms with Gasteiger partial charge < -0.3 is 10.5 Å². The summed E-state index contributed by atoms with van der Waals surface area (Å²) in [4.78, 5) is 2.68. The van der Waals surface area contributed by atoms with Gasteiger partial charge in [-0.3, -0.25) is 0 Å². The van der Waals surface area contributed by atoms with E-state index in [-0.39, 0.29) is 6.04 Å². The molecule has 0 spiro atoms. The lowest BCUT2D eigenvalue weighted by Crippen LogP contribution is -2.05. The van der Waals surface area contributed by atoms with Crippen LogP contribution in [0.1, 0.15) is 40.8 Å². The van der Waals surface area contributed by atoms with Crippen molar-refractivity contribution in [3.05, 3.63) is 51.2 Å². The Kier molecular flexibility index (Phi) is 4.61. The first kappa shape index (κ1) is 14.1. The van der Waals surface area contributed by atoms with E-state index >= 15 is 0 Å². The standard InChI is InChI=1S/C16H21NOS/c1-4-14-6-7-15(19-14)10-18-16-8-5-13(12(3)17)9-11(16)2/h5-9,12H,4,10,17H2,1-3H3/t12-/m1/s1. The lowest BCUT2D eigenvalue weighted by Gasteiger charge is -2.11. The van der Waals surface area contributed by atoms with Crippen molar-refractivity contribution < 1.29 is 4.74 Å². The van der Waals surface area contributed by atoms with Crippen molar-refractivity contribution >= 4 is 11.3 Å². The Hall–Kier alpha value is -1.32. The number of benzene rings is 1. The van der Waals surface area contributed by atoms with E-state index in [1.165, 1.54) is 9.75 Å². The molecular formula is C16H21NOS. The van der Waals surface area contributed by atoms with Gasteiger partial charge in [0.25, 0.3) is 0 Å². The van der Waals surface area contributed by atoms with Gasteiger partial charge in [-0.25, -0.2) is 0 Å². The Morgan fingerprint density at radius 2 is 1.95 bits per heavy atom. The van der Waals surface area contributed by atoms with Crippen molar-refractivity contribution in [1.82, 2.24) is 0 Å². The lowest BCUT2D eigenvalue weighted by atomic mass is 10.1. The zero-order valence-corrected chi connectivity index (χ0v) is 12.6. The fraction of sp³-hybridized carbons (Fsp3) is 0.375. The van der Waals surface area contributed by atoms with Crippen LogP contribution < -0.4 is 10.5 Å². The number of rotatable bonds is 5. The summed E-state index contributed by atoms with van der Waals surface area (Å²) < 4.78 is 5.89. The molecule has 0 saturated heterocycles. The minimum absolute atomic E-state index is 0.0668. The van der Waals surface area contributed by atoms with Crippen molar-refractivity contribution in [1.29, 1.82) is 0 Å². The van der Waals surface area contributed by atoms with Crippen molar-refractivity contribution in [2.45, 2.75) is 39.8 Å². The zero-order valence-electron chi connectivity index (χ0n) is 11.8. The Morgan fingerprint density at radius 3 is 2.53 bits per heavy atom. The highest BCUT2D eigenvalue weighted by Gasteiger charge is 2.05. The van der Waals surface area contributed by atoms with Gasteiger partial charge in [-0.2, -0.15) is 0 Å². The average Bonchev–Trinajstić information content (AvgIpc) is 2.85. The molecule has 0 saturated carbocycles. The Balaban J connectivity index is 2.03. The molecule has 2 aromatic rings. The van der Waals surface area contributed by atoms with E-state index in [1.54, 1.807) is 0 Å². The Morgan fingerprint density at radius 1 is 1.21 bits per heavy atom. The van der Waals surface area contributed by atoms with E-state index in [9.17, 15) is 0 Å². The smallest absolute Gasteiger partial charge is 0.122 e. The molecule has 19 heavy (non-hydrogen) atoms. The summed E-state index contributed by atoms with van der Waals surface area (Å²) in [6.07, 6.45) is 1.09. The van der Waals surface area contributed by atoms with Crippen molar-refractivity contribution in [3.63, 3.8) is 0 Å². The van der Waals surface area contributed by atoms with Gasteiger partial charge in [-0.15, -0.1) is 11.3 Å². The van der Waals surface area contributed by atoms with Crippen LogP contribution in [0.15, 0.2) is 30.3 Å². The highest BCUT2D eigenvalue weighted by Crippen LogP contribution is 2.24. The number of hydrogen-bond donors (Lipinski definition) is 1. The molecule has 0 aliphatic heterocycles. The molecule has 1 aromatic carbocycles. The van der Waals surface area contributed by atoms with Gasteiger partial charge in [0.15, 0.2) is 0 Å². The van der Waals surface area contributed by atoms with Crippen molar-refractivity contribution in [2.75, 3.05) is 0 Å². The first-order valence-electron chi connectivity index (χ1n) is 6.66. The number of thiophene rings is 1. The molecule has 0 bridgehead atoms. The summed E-state index contributed by atoms with van der Waals surface area (Å²) in [5, 5.41) is 0. The van der Waals surface area contributed by atoms with E-state index < -0.39 is 0 Å². The molecule has 1 atom stereocenters. The molecule has 0 fully saturated rings. The third-order valence-electron chi connectivity index (χ3n) is 3.16. The van der Waals surface area contributed by atoms with Crippen LogP contribution in [0.5, 0.6) is 5.75 Å². The maximum Gasteiger partial charge on any atom is 0.122 e. The largest absolute Gasteiger partial charge is 0.488 e. The lowest BCUT2D eigenvalue weighted by molar-refractivity contribution is 0.307. The zero-order chi connectivity index (χ0) is 13.8. The highest BCUT2D eigenvalue weighted by molar-refractivity contribution is 7.11. The minimum Gasteiger partial charge on any atom is -0.488 e. The van der Waals surface area contributed by atoms with Crippen molar-refractivity contribution in [3.8, 4) is 5.75 Å². The van der Waals surface area contributed by atoms with Gasteiger partial charge in [0, 0.05) is 15.8 Å². The third-order valence-corrected chi connectivity index (χ3v) is 4.36. The maximum atomic E-state index is 5.89. The number of ether oxygens (including phenoxy) is 1. The summed E-state index contributed by atoms with van der Waals surface area (Å²) in [5.41, 5.74) is 8.16. The second kappa shape index (κ2) is 6.22. The van der Waals surface area contributed by atoms with Gasteiger partial charge in [-0.05, 0) is 49.6 Å². The summed E-state index contributed by atoms with van der Waals surface area (Å²) >= 11 is 1.82. The second-order valence-corrected chi connectivity index (χ2v) is 6.08. The molecule has 0 radical (unpaired) electrons. The SMILES string of the molecule is CCc1ccc(COc2ccc([C@@H](C)N)cc2C)s1. The van der Waals surface area contributed by atoms with Crippen LogP contribution >= 0.6 is 11.3 Å². The molecule has 0 unspecified atom stereocenters. The third kappa shape index (κ3) is 3.58. The summed E-state index contributed by atoms with van der Waals surface area (Å²) in [6, 6.07) is 10.6. The van der Waals surface area contributed by atoms with E-state index in [0.29, 0.717) is 6.61 Å². The van der Waals surface area contributed by atoms with Gasteiger partial charge in [0.05, 0.1) is 0 Å². The average molecular weight is 275 g/mol. The van der Waals surface area contributed by atoms with Crippen LogP contribution in [-0.4, -0.2) is 0 Å². The Bertz CT molecular complexity index is 545. The van der Waals surface area contributed by atoms with Gasteiger partial charge in [0.2, 0.25) is 0 Å². The monoisotopic (exact) mass is 275 g/mol. The van der Waals surface area contributed by atoms with Crippen molar-refractivity contribution in [2.24, 2.45) is 5.73 Å². The van der Waals surface area contributed by atoms with Crippen LogP contribution in [0.25, 0.3) is 0 Å². The fourth-order valence-corrected chi connectivity index (χ4v) is 2.83. The van der Waals surface area contributed by atoms with Crippen LogP contribution in [0.3, 0.4) is 0 Å². The summed E-state index contributed by atoms with van der Waals surface area (Å²) in [6.45, 7) is 6.87. The Labute approximate surface area is 119 Å². The van der Waals surface area contributed by atoms with E-state index in [1.807, 2.05) is 30.4 Å². The number of nitrogens with two attached hydrogens (primary N) is 1. The normalized spacial score (nSPS) is 12.4. The molecule has 102 valence electrons.